The summed E-state index contributed by atoms with van der Waals surface area (Å²) in [6, 6.07) is 12.3. The van der Waals surface area contributed by atoms with Gasteiger partial charge in [0.15, 0.2) is 17.3 Å². The van der Waals surface area contributed by atoms with Crippen LogP contribution in [0.15, 0.2) is 47.0 Å². The maximum absolute atomic E-state index is 13.1. The van der Waals surface area contributed by atoms with Gasteiger partial charge in [-0.05, 0) is 43.7 Å². The quantitative estimate of drug-likeness (QED) is 0.664. The lowest BCUT2D eigenvalue weighted by Gasteiger charge is -2.22. The number of carbonyl (C=O) groups excluding carboxylic acids is 2. The van der Waals surface area contributed by atoms with Crippen LogP contribution < -0.4 is 14.8 Å². The first-order valence-corrected chi connectivity index (χ1v) is 9.38. The predicted molar refractivity (Wildman–Crippen MR) is 103 cm³/mol. The molecule has 2 aliphatic heterocycles. The zero-order valence-corrected chi connectivity index (χ0v) is 16.3. The lowest BCUT2D eigenvalue weighted by molar-refractivity contribution is -0.131. The minimum Gasteiger partial charge on any atom is -0.454 e. The van der Waals surface area contributed by atoms with Crippen molar-refractivity contribution >= 4 is 11.9 Å². The maximum Gasteiger partial charge on any atom is 0.325 e. The van der Waals surface area contributed by atoms with E-state index in [0.717, 1.165) is 16.0 Å². The number of carbonyl (C=O) groups is 2. The molecule has 9 heteroatoms. The fraction of sp³-hybridized carbons (Fsp3) is 0.238. The highest BCUT2D eigenvalue weighted by Crippen LogP contribution is 2.38. The zero-order chi connectivity index (χ0) is 20.9. The molecule has 2 aromatic carbocycles. The van der Waals surface area contributed by atoms with Gasteiger partial charge in [-0.15, -0.1) is 0 Å². The summed E-state index contributed by atoms with van der Waals surface area (Å²) in [6.07, 6.45) is 0. The summed E-state index contributed by atoms with van der Waals surface area (Å²) in [5.74, 6) is 1.30. The first kappa shape index (κ1) is 18.2. The van der Waals surface area contributed by atoms with E-state index in [1.165, 1.54) is 0 Å². The molecule has 152 valence electrons. The first-order chi connectivity index (χ1) is 14.4. The Labute approximate surface area is 171 Å². The fourth-order valence-corrected chi connectivity index (χ4v) is 3.52. The number of nitrogens with zero attached hydrogens (tertiary/aromatic N) is 3. The van der Waals surface area contributed by atoms with Crippen molar-refractivity contribution in [2.75, 3.05) is 6.79 Å². The van der Waals surface area contributed by atoms with Crippen LogP contribution in [0.5, 0.6) is 11.5 Å². The molecule has 1 saturated heterocycles. The molecule has 0 unspecified atom stereocenters. The Morgan fingerprint density at radius 1 is 1.10 bits per heavy atom. The van der Waals surface area contributed by atoms with Crippen LogP contribution in [0.4, 0.5) is 4.79 Å². The molecular weight excluding hydrogens is 388 g/mol. The van der Waals surface area contributed by atoms with Crippen LogP contribution in [0, 0.1) is 6.92 Å². The molecule has 3 aromatic rings. The maximum atomic E-state index is 13.1. The molecule has 2 aliphatic rings. The smallest absolute Gasteiger partial charge is 0.325 e. The highest BCUT2D eigenvalue weighted by molar-refractivity contribution is 6.07. The average molecular weight is 406 g/mol. The largest absolute Gasteiger partial charge is 0.454 e. The molecule has 1 aromatic heterocycles. The number of nitrogens with one attached hydrogen (secondary N) is 1. The summed E-state index contributed by atoms with van der Waals surface area (Å²) >= 11 is 0. The summed E-state index contributed by atoms with van der Waals surface area (Å²) in [4.78, 5) is 31.1. The number of aromatic nitrogens is 2. The van der Waals surface area contributed by atoms with E-state index >= 15 is 0 Å². The second-order valence-corrected chi connectivity index (χ2v) is 7.40. The minimum atomic E-state index is -1.23. The Bertz CT molecular complexity index is 1160. The number of hydrogen-bond acceptors (Lipinski definition) is 7. The second-order valence-electron chi connectivity index (χ2n) is 7.40. The number of fused-ring (bicyclic) bond motifs is 1. The van der Waals surface area contributed by atoms with Gasteiger partial charge in [0.25, 0.3) is 11.8 Å². The van der Waals surface area contributed by atoms with Gasteiger partial charge in [-0.2, -0.15) is 4.98 Å². The molecule has 0 saturated carbocycles. The number of imide groups is 1. The standard InChI is InChI=1S/C21H18N4O5/c1-12-3-5-13(6-4-12)18-22-17(24-30-18)10-25-19(26)21(2,23-20(25)27)14-7-8-15-16(9-14)29-11-28-15/h3-9H,10-11H2,1-2H3,(H,23,27)/t21-/m0/s1. The molecule has 0 radical (unpaired) electrons. The third-order valence-corrected chi connectivity index (χ3v) is 5.29. The summed E-state index contributed by atoms with van der Waals surface area (Å²) < 4.78 is 16.0. The third kappa shape index (κ3) is 2.86. The van der Waals surface area contributed by atoms with Gasteiger partial charge in [-0.3, -0.25) is 9.69 Å². The molecule has 3 heterocycles. The van der Waals surface area contributed by atoms with E-state index in [1.54, 1.807) is 25.1 Å². The number of urea groups is 1. The topological polar surface area (TPSA) is 107 Å². The van der Waals surface area contributed by atoms with Crippen LogP contribution in [-0.4, -0.2) is 33.8 Å². The van der Waals surface area contributed by atoms with E-state index in [2.05, 4.69) is 15.5 Å². The molecule has 1 atom stereocenters. The molecule has 1 fully saturated rings. The number of rotatable bonds is 4. The van der Waals surface area contributed by atoms with Gasteiger partial charge >= 0.3 is 6.03 Å². The predicted octanol–water partition coefficient (Wildman–Crippen LogP) is 2.74. The highest BCUT2D eigenvalue weighted by atomic mass is 16.7. The van der Waals surface area contributed by atoms with Crippen LogP contribution in [0.3, 0.4) is 0 Å². The monoisotopic (exact) mass is 406 g/mol. The van der Waals surface area contributed by atoms with E-state index in [4.69, 9.17) is 14.0 Å². The van der Waals surface area contributed by atoms with Gasteiger partial charge in [0.2, 0.25) is 6.79 Å². The van der Waals surface area contributed by atoms with Gasteiger partial charge < -0.3 is 19.3 Å². The molecule has 3 amide bonds. The normalized spacial score (nSPS) is 20.0. The van der Waals surface area contributed by atoms with E-state index in [-0.39, 0.29) is 19.2 Å². The Morgan fingerprint density at radius 2 is 1.87 bits per heavy atom. The Morgan fingerprint density at radius 3 is 2.67 bits per heavy atom. The Kier molecular flexibility index (Phi) is 3.99. The number of ether oxygens (including phenoxy) is 2. The van der Waals surface area contributed by atoms with Crippen LogP contribution in [-0.2, 0) is 16.9 Å². The number of amides is 3. The summed E-state index contributed by atoms with van der Waals surface area (Å²) in [6.45, 7) is 3.67. The van der Waals surface area contributed by atoms with Gasteiger partial charge in [0.05, 0.1) is 6.54 Å². The lowest BCUT2D eigenvalue weighted by atomic mass is 9.91. The van der Waals surface area contributed by atoms with E-state index < -0.39 is 17.5 Å². The van der Waals surface area contributed by atoms with Gasteiger partial charge in [0.1, 0.15) is 5.54 Å². The van der Waals surface area contributed by atoms with Gasteiger partial charge in [-0.1, -0.05) is 28.9 Å². The highest BCUT2D eigenvalue weighted by Gasteiger charge is 2.49. The summed E-state index contributed by atoms with van der Waals surface area (Å²) in [5, 5.41) is 6.68. The first-order valence-electron chi connectivity index (χ1n) is 9.38. The van der Waals surface area contributed by atoms with E-state index in [0.29, 0.717) is 23.0 Å². The zero-order valence-electron chi connectivity index (χ0n) is 16.3. The average Bonchev–Trinajstić information content (AvgIpc) is 3.44. The third-order valence-electron chi connectivity index (χ3n) is 5.29. The second kappa shape index (κ2) is 6.58. The van der Waals surface area contributed by atoms with Crippen LogP contribution in [0.2, 0.25) is 0 Å². The van der Waals surface area contributed by atoms with Crippen molar-refractivity contribution in [1.82, 2.24) is 20.4 Å². The van der Waals surface area contributed by atoms with E-state index in [9.17, 15) is 9.59 Å². The molecule has 0 aliphatic carbocycles. The molecule has 1 N–H and O–H groups in total. The molecule has 9 nitrogen and oxygen atoms in total. The van der Waals surface area contributed by atoms with Crippen molar-refractivity contribution in [2.24, 2.45) is 0 Å². The van der Waals surface area contributed by atoms with Crippen LogP contribution in [0.25, 0.3) is 11.5 Å². The minimum absolute atomic E-state index is 0.0971. The summed E-state index contributed by atoms with van der Waals surface area (Å²) in [5.41, 5.74) is 1.24. The molecular formula is C21H18N4O5. The van der Waals surface area contributed by atoms with Crippen molar-refractivity contribution in [3.05, 3.63) is 59.4 Å². The van der Waals surface area contributed by atoms with Crippen LogP contribution >= 0.6 is 0 Å². The van der Waals surface area contributed by atoms with Gasteiger partial charge in [0, 0.05) is 5.56 Å². The van der Waals surface area contributed by atoms with Crippen LogP contribution in [0.1, 0.15) is 23.9 Å². The lowest BCUT2D eigenvalue weighted by Crippen LogP contribution is -2.40. The van der Waals surface area contributed by atoms with Crippen molar-refractivity contribution in [3.63, 3.8) is 0 Å². The SMILES string of the molecule is Cc1ccc(-c2nc(CN3C(=O)N[C@@](C)(c4ccc5c(c4)OCO5)C3=O)no2)cc1. The van der Waals surface area contributed by atoms with Crippen molar-refractivity contribution in [2.45, 2.75) is 25.9 Å². The Hall–Kier alpha value is -3.88. The Balaban J connectivity index is 1.38. The molecule has 0 bridgehead atoms. The molecule has 30 heavy (non-hydrogen) atoms. The van der Waals surface area contributed by atoms with E-state index in [1.807, 2.05) is 31.2 Å². The van der Waals surface area contributed by atoms with Crippen molar-refractivity contribution < 1.29 is 23.6 Å². The number of benzene rings is 2. The van der Waals surface area contributed by atoms with Crippen molar-refractivity contribution in [1.29, 1.82) is 0 Å². The summed E-state index contributed by atoms with van der Waals surface area (Å²) in [7, 11) is 0. The molecule has 5 rings (SSSR count). The fourth-order valence-electron chi connectivity index (χ4n) is 3.52. The number of hydrogen-bond donors (Lipinski definition) is 1. The number of aryl methyl sites for hydroxylation is 1. The molecule has 0 spiro atoms. The van der Waals surface area contributed by atoms with Crippen molar-refractivity contribution in [3.8, 4) is 23.0 Å². The van der Waals surface area contributed by atoms with Gasteiger partial charge in [-0.25, -0.2) is 4.79 Å².